The molecule has 0 atom stereocenters. The van der Waals surface area contributed by atoms with E-state index in [0.29, 0.717) is 0 Å². The van der Waals surface area contributed by atoms with Crippen molar-refractivity contribution in [3.05, 3.63) is 0 Å². The maximum atomic E-state index is 3.17. The molecule has 0 bridgehead atoms. The quantitative estimate of drug-likeness (QED) is 0.597. The highest BCUT2D eigenvalue weighted by molar-refractivity contribution is 4.48. The predicted molar refractivity (Wildman–Crippen MR) is 63.2 cm³/mol. The lowest BCUT2D eigenvalue weighted by Gasteiger charge is -2.03. The van der Waals surface area contributed by atoms with Crippen LogP contribution in [-0.2, 0) is 0 Å². The Labute approximate surface area is 85.3 Å². The number of nitrogens with one attached hydrogen (secondary N) is 1. The smallest absolute Gasteiger partial charge is 0.00519 e. The minimum absolute atomic E-state index is 0.888. The fourth-order valence-corrected chi connectivity index (χ4v) is 1.21. The van der Waals surface area contributed by atoms with Crippen molar-refractivity contribution >= 4 is 0 Å². The second kappa shape index (κ2) is 14.5. The Morgan fingerprint density at radius 1 is 0.923 bits per heavy atom. The molecule has 0 rings (SSSR count). The number of unbranched alkanes of at least 4 members (excludes halogenated alkanes) is 3. The van der Waals surface area contributed by atoms with Crippen molar-refractivity contribution in [1.82, 2.24) is 5.32 Å². The zero-order valence-electron chi connectivity index (χ0n) is 10.3. The average molecular weight is 187 g/mol. The molecular formula is C12H29N. The molecule has 0 fully saturated rings. The summed E-state index contributed by atoms with van der Waals surface area (Å²) < 4.78 is 0. The van der Waals surface area contributed by atoms with Gasteiger partial charge in [0, 0.05) is 0 Å². The zero-order valence-corrected chi connectivity index (χ0v) is 10.3. The van der Waals surface area contributed by atoms with Gasteiger partial charge < -0.3 is 5.32 Å². The molecule has 82 valence electrons. The van der Waals surface area contributed by atoms with Crippen LogP contribution in [0.5, 0.6) is 0 Å². The Morgan fingerprint density at radius 3 is 1.92 bits per heavy atom. The zero-order chi connectivity index (χ0) is 10.5. The van der Waals surface area contributed by atoms with E-state index in [4.69, 9.17) is 0 Å². The van der Waals surface area contributed by atoms with Gasteiger partial charge in [0.2, 0.25) is 0 Å². The summed E-state index contributed by atoms with van der Waals surface area (Å²) in [7, 11) is 2.02. The molecule has 0 aromatic rings. The Hall–Kier alpha value is -0.0400. The van der Waals surface area contributed by atoms with Crippen molar-refractivity contribution < 1.29 is 0 Å². The fourth-order valence-electron chi connectivity index (χ4n) is 1.21. The molecule has 0 aromatic heterocycles. The largest absolute Gasteiger partial charge is 0.320 e. The van der Waals surface area contributed by atoms with Gasteiger partial charge in [-0.05, 0) is 25.9 Å². The summed E-state index contributed by atoms with van der Waals surface area (Å²) in [5, 5.41) is 3.17. The first-order chi connectivity index (χ1) is 6.27. The first-order valence-corrected chi connectivity index (χ1v) is 5.92. The summed E-state index contributed by atoms with van der Waals surface area (Å²) in [5.41, 5.74) is 0. The van der Waals surface area contributed by atoms with Crippen molar-refractivity contribution in [2.45, 2.75) is 59.8 Å². The minimum atomic E-state index is 0.888. The Morgan fingerprint density at radius 2 is 1.46 bits per heavy atom. The van der Waals surface area contributed by atoms with Gasteiger partial charge in [-0.3, -0.25) is 0 Å². The second-order valence-electron chi connectivity index (χ2n) is 3.70. The van der Waals surface area contributed by atoms with Crippen molar-refractivity contribution in [2.75, 3.05) is 13.6 Å². The van der Waals surface area contributed by atoms with Crippen LogP contribution in [0.3, 0.4) is 0 Å². The molecule has 0 aliphatic heterocycles. The summed E-state index contributed by atoms with van der Waals surface area (Å²) in [4.78, 5) is 0. The predicted octanol–water partition coefficient (Wildman–Crippen LogP) is 3.84. The third-order valence-electron chi connectivity index (χ3n) is 1.96. The van der Waals surface area contributed by atoms with Gasteiger partial charge in [-0.25, -0.2) is 0 Å². The summed E-state index contributed by atoms with van der Waals surface area (Å²) in [6.07, 6.45) is 6.98. The van der Waals surface area contributed by atoms with Crippen LogP contribution < -0.4 is 5.32 Å². The molecule has 0 spiro atoms. The molecule has 13 heavy (non-hydrogen) atoms. The summed E-state index contributed by atoms with van der Waals surface area (Å²) >= 11 is 0. The van der Waals surface area contributed by atoms with Crippen LogP contribution in [-0.4, -0.2) is 13.6 Å². The molecule has 0 aliphatic carbocycles. The van der Waals surface area contributed by atoms with Gasteiger partial charge in [-0.1, -0.05) is 53.4 Å². The highest BCUT2D eigenvalue weighted by atomic mass is 14.8. The van der Waals surface area contributed by atoms with Crippen LogP contribution in [0.4, 0.5) is 0 Å². The van der Waals surface area contributed by atoms with Gasteiger partial charge in [0.15, 0.2) is 0 Å². The normalized spacial score (nSPS) is 9.69. The molecule has 0 aliphatic rings. The van der Waals surface area contributed by atoms with Gasteiger partial charge in [0.1, 0.15) is 0 Å². The van der Waals surface area contributed by atoms with E-state index in [9.17, 15) is 0 Å². The molecule has 0 aromatic carbocycles. The van der Waals surface area contributed by atoms with Crippen LogP contribution in [0.25, 0.3) is 0 Å². The molecule has 0 unspecified atom stereocenters. The number of hydrogen-bond donors (Lipinski definition) is 1. The standard InChI is InChI=1S/C10H23N.C2H6/c1-10(2)8-6-4-5-7-9-11-3;1-2/h10-11H,4-9H2,1-3H3;1-2H3. The van der Waals surface area contributed by atoms with Crippen LogP contribution >= 0.6 is 0 Å². The van der Waals surface area contributed by atoms with Crippen molar-refractivity contribution in [2.24, 2.45) is 5.92 Å². The van der Waals surface area contributed by atoms with E-state index >= 15 is 0 Å². The topological polar surface area (TPSA) is 12.0 Å². The molecule has 0 heterocycles. The van der Waals surface area contributed by atoms with Gasteiger partial charge in [-0.15, -0.1) is 0 Å². The van der Waals surface area contributed by atoms with Crippen molar-refractivity contribution in [3.63, 3.8) is 0 Å². The highest BCUT2D eigenvalue weighted by Crippen LogP contribution is 2.08. The van der Waals surface area contributed by atoms with E-state index < -0.39 is 0 Å². The van der Waals surface area contributed by atoms with E-state index in [0.717, 1.165) is 5.92 Å². The number of hydrogen-bond acceptors (Lipinski definition) is 1. The SMILES string of the molecule is CC.CNCCCCCCC(C)C. The highest BCUT2D eigenvalue weighted by Gasteiger charge is 1.93. The lowest BCUT2D eigenvalue weighted by molar-refractivity contribution is 0.517. The summed E-state index contributed by atoms with van der Waals surface area (Å²) in [6.45, 7) is 9.78. The number of rotatable bonds is 7. The maximum Gasteiger partial charge on any atom is -0.00519 e. The van der Waals surface area contributed by atoms with Gasteiger partial charge in [-0.2, -0.15) is 0 Å². The van der Waals surface area contributed by atoms with Crippen LogP contribution in [0, 0.1) is 5.92 Å². The third-order valence-corrected chi connectivity index (χ3v) is 1.96. The second-order valence-corrected chi connectivity index (χ2v) is 3.70. The van der Waals surface area contributed by atoms with E-state index in [2.05, 4.69) is 19.2 Å². The molecule has 1 N–H and O–H groups in total. The molecule has 0 radical (unpaired) electrons. The molecule has 0 saturated heterocycles. The first kappa shape index (κ1) is 15.4. The third kappa shape index (κ3) is 18.7. The van der Waals surface area contributed by atoms with E-state index in [1.165, 1.54) is 38.6 Å². The Bertz CT molecular complexity index is 69.5. The summed E-state index contributed by atoms with van der Waals surface area (Å²) in [5.74, 6) is 0.888. The van der Waals surface area contributed by atoms with Gasteiger partial charge >= 0.3 is 0 Å². The monoisotopic (exact) mass is 187 g/mol. The molecular weight excluding hydrogens is 158 g/mol. The summed E-state index contributed by atoms with van der Waals surface area (Å²) in [6, 6.07) is 0. The van der Waals surface area contributed by atoms with E-state index in [-0.39, 0.29) is 0 Å². The Balaban J connectivity index is 0. The van der Waals surface area contributed by atoms with E-state index in [1.807, 2.05) is 20.9 Å². The molecule has 0 amide bonds. The van der Waals surface area contributed by atoms with E-state index in [1.54, 1.807) is 0 Å². The molecule has 1 nitrogen and oxygen atoms in total. The van der Waals surface area contributed by atoms with Crippen molar-refractivity contribution in [1.29, 1.82) is 0 Å². The van der Waals surface area contributed by atoms with Crippen LogP contribution in [0.15, 0.2) is 0 Å². The minimum Gasteiger partial charge on any atom is -0.320 e. The van der Waals surface area contributed by atoms with Gasteiger partial charge in [0.25, 0.3) is 0 Å². The Kier molecular flexibility index (Phi) is 17.2. The lowest BCUT2D eigenvalue weighted by Crippen LogP contribution is -2.06. The maximum absolute atomic E-state index is 3.17. The van der Waals surface area contributed by atoms with Crippen LogP contribution in [0.2, 0.25) is 0 Å². The van der Waals surface area contributed by atoms with Crippen LogP contribution in [0.1, 0.15) is 59.8 Å². The molecule has 1 heteroatoms. The first-order valence-electron chi connectivity index (χ1n) is 5.92. The molecule has 0 saturated carbocycles. The average Bonchev–Trinajstić information content (AvgIpc) is 2.14. The fraction of sp³-hybridized carbons (Fsp3) is 1.00. The lowest BCUT2D eigenvalue weighted by atomic mass is 10.0. The van der Waals surface area contributed by atoms with Gasteiger partial charge in [0.05, 0.1) is 0 Å². The van der Waals surface area contributed by atoms with Crippen molar-refractivity contribution in [3.8, 4) is 0 Å².